The van der Waals surface area contributed by atoms with Crippen molar-refractivity contribution >= 4 is 11.7 Å². The van der Waals surface area contributed by atoms with Crippen LogP contribution in [0.5, 0.6) is 0 Å². The Morgan fingerprint density at radius 2 is 2.14 bits per heavy atom. The minimum absolute atomic E-state index is 0.0330. The van der Waals surface area contributed by atoms with Crippen molar-refractivity contribution in [3.8, 4) is 0 Å². The smallest absolute Gasteiger partial charge is 0.317 e. The summed E-state index contributed by atoms with van der Waals surface area (Å²) in [7, 11) is 0. The van der Waals surface area contributed by atoms with E-state index in [0.717, 1.165) is 38.2 Å². The van der Waals surface area contributed by atoms with Crippen LogP contribution in [0.3, 0.4) is 0 Å². The number of ether oxygens (including phenoxy) is 1. The zero-order chi connectivity index (χ0) is 15.4. The van der Waals surface area contributed by atoms with E-state index in [2.05, 4.69) is 10.2 Å². The molecule has 1 N–H and O–H groups in total. The number of rotatable bonds is 3. The van der Waals surface area contributed by atoms with Crippen molar-refractivity contribution in [2.45, 2.75) is 18.9 Å². The Morgan fingerprint density at radius 3 is 2.82 bits per heavy atom. The second-order valence-electron chi connectivity index (χ2n) is 5.78. The first-order valence-corrected chi connectivity index (χ1v) is 7.87. The van der Waals surface area contributed by atoms with E-state index < -0.39 is 0 Å². The molecule has 2 fully saturated rings. The molecule has 0 radical (unpaired) electrons. The molecule has 5 nitrogen and oxygen atoms in total. The second-order valence-corrected chi connectivity index (χ2v) is 5.78. The summed E-state index contributed by atoms with van der Waals surface area (Å²) in [6.45, 7) is 4.12. The molecule has 0 aliphatic carbocycles. The van der Waals surface area contributed by atoms with Crippen LogP contribution in [-0.4, -0.2) is 56.4 Å². The topological polar surface area (TPSA) is 44.8 Å². The summed E-state index contributed by atoms with van der Waals surface area (Å²) in [5.41, 5.74) is 0.874. The molecular formula is C16H22FN3O2. The molecule has 0 aromatic heterocycles. The molecule has 2 aliphatic rings. The molecule has 0 bridgehead atoms. The maximum Gasteiger partial charge on any atom is 0.317 e. The van der Waals surface area contributed by atoms with Crippen molar-refractivity contribution in [1.82, 2.24) is 10.2 Å². The number of nitrogens with one attached hydrogen (secondary N) is 1. The highest BCUT2D eigenvalue weighted by Gasteiger charge is 2.23. The summed E-state index contributed by atoms with van der Waals surface area (Å²) in [6, 6.07) is 6.56. The summed E-state index contributed by atoms with van der Waals surface area (Å²) in [5, 5.41) is 2.94. The Labute approximate surface area is 130 Å². The molecule has 6 heteroatoms. The lowest BCUT2D eigenvalue weighted by molar-refractivity contribution is 0.108. The number of amides is 2. The summed E-state index contributed by atoms with van der Waals surface area (Å²) in [6.07, 6.45) is 2.26. The first-order chi connectivity index (χ1) is 10.7. The van der Waals surface area contributed by atoms with Gasteiger partial charge in [0.05, 0.1) is 6.10 Å². The van der Waals surface area contributed by atoms with Gasteiger partial charge in [-0.15, -0.1) is 0 Å². The van der Waals surface area contributed by atoms with Gasteiger partial charge in [-0.3, -0.25) is 0 Å². The number of halogens is 1. The van der Waals surface area contributed by atoms with E-state index in [0.29, 0.717) is 19.6 Å². The molecule has 1 aromatic rings. The van der Waals surface area contributed by atoms with E-state index in [1.807, 2.05) is 11.0 Å². The third-order valence-electron chi connectivity index (χ3n) is 4.25. The number of nitrogens with zero attached hydrogens (tertiary/aromatic N) is 2. The Bertz CT molecular complexity index is 512. The molecule has 1 atom stereocenters. The fourth-order valence-corrected chi connectivity index (χ4v) is 2.96. The molecule has 0 saturated carbocycles. The van der Waals surface area contributed by atoms with Gasteiger partial charge in [0, 0.05) is 45.0 Å². The minimum atomic E-state index is -0.228. The van der Waals surface area contributed by atoms with Gasteiger partial charge in [-0.05, 0) is 31.0 Å². The lowest BCUT2D eigenvalue weighted by Crippen LogP contribution is -2.52. The van der Waals surface area contributed by atoms with E-state index in [1.165, 1.54) is 12.1 Å². The van der Waals surface area contributed by atoms with Gasteiger partial charge in [-0.2, -0.15) is 0 Å². The Morgan fingerprint density at radius 1 is 1.32 bits per heavy atom. The van der Waals surface area contributed by atoms with E-state index in [9.17, 15) is 9.18 Å². The molecule has 2 aliphatic heterocycles. The molecule has 1 unspecified atom stereocenters. The number of hydrogen-bond acceptors (Lipinski definition) is 3. The van der Waals surface area contributed by atoms with Crippen LogP contribution in [0.4, 0.5) is 14.9 Å². The van der Waals surface area contributed by atoms with E-state index in [4.69, 9.17) is 4.74 Å². The van der Waals surface area contributed by atoms with E-state index in [1.54, 1.807) is 6.07 Å². The molecule has 22 heavy (non-hydrogen) atoms. The van der Waals surface area contributed by atoms with Crippen LogP contribution in [0.25, 0.3) is 0 Å². The van der Waals surface area contributed by atoms with Gasteiger partial charge in [0.25, 0.3) is 0 Å². The van der Waals surface area contributed by atoms with Crippen molar-refractivity contribution in [3.63, 3.8) is 0 Å². The van der Waals surface area contributed by atoms with Crippen LogP contribution in [0.15, 0.2) is 24.3 Å². The number of anilines is 1. The molecule has 2 amide bonds. The zero-order valence-corrected chi connectivity index (χ0v) is 12.6. The van der Waals surface area contributed by atoms with Crippen LogP contribution in [-0.2, 0) is 4.74 Å². The van der Waals surface area contributed by atoms with Crippen molar-refractivity contribution in [1.29, 1.82) is 0 Å². The monoisotopic (exact) mass is 307 g/mol. The van der Waals surface area contributed by atoms with Crippen molar-refractivity contribution in [2.75, 3.05) is 44.2 Å². The van der Waals surface area contributed by atoms with E-state index in [-0.39, 0.29) is 18.0 Å². The number of urea groups is 1. The quantitative estimate of drug-likeness (QED) is 0.927. The average molecular weight is 307 g/mol. The van der Waals surface area contributed by atoms with Gasteiger partial charge in [0.1, 0.15) is 5.82 Å². The molecule has 3 rings (SSSR count). The van der Waals surface area contributed by atoms with Gasteiger partial charge >= 0.3 is 6.03 Å². The van der Waals surface area contributed by atoms with Crippen LogP contribution < -0.4 is 10.2 Å². The van der Waals surface area contributed by atoms with Crippen molar-refractivity contribution in [2.24, 2.45) is 0 Å². The Balaban J connectivity index is 1.45. The lowest BCUT2D eigenvalue weighted by atomic mass is 10.2. The largest absolute Gasteiger partial charge is 0.376 e. The van der Waals surface area contributed by atoms with Gasteiger partial charge < -0.3 is 19.9 Å². The van der Waals surface area contributed by atoms with Crippen LogP contribution in [0, 0.1) is 5.82 Å². The fraction of sp³-hybridized carbons (Fsp3) is 0.562. The molecular weight excluding hydrogens is 285 g/mol. The van der Waals surface area contributed by atoms with Crippen LogP contribution in [0.2, 0.25) is 0 Å². The third kappa shape index (κ3) is 3.68. The van der Waals surface area contributed by atoms with Crippen LogP contribution >= 0.6 is 0 Å². The second kappa shape index (κ2) is 6.96. The van der Waals surface area contributed by atoms with Gasteiger partial charge in [-0.25, -0.2) is 9.18 Å². The molecule has 0 spiro atoms. The van der Waals surface area contributed by atoms with Crippen molar-refractivity contribution in [3.05, 3.63) is 30.1 Å². The van der Waals surface area contributed by atoms with Crippen LogP contribution in [0.1, 0.15) is 12.8 Å². The van der Waals surface area contributed by atoms with Crippen molar-refractivity contribution < 1.29 is 13.9 Å². The highest BCUT2D eigenvalue weighted by molar-refractivity contribution is 5.74. The lowest BCUT2D eigenvalue weighted by Gasteiger charge is -2.36. The predicted molar refractivity (Wildman–Crippen MR) is 82.6 cm³/mol. The summed E-state index contributed by atoms with van der Waals surface area (Å²) in [5.74, 6) is -0.228. The maximum absolute atomic E-state index is 13.3. The van der Waals surface area contributed by atoms with Gasteiger partial charge in [-0.1, -0.05) is 6.07 Å². The first kappa shape index (κ1) is 15.1. The summed E-state index contributed by atoms with van der Waals surface area (Å²) in [4.78, 5) is 16.0. The fourth-order valence-electron chi connectivity index (χ4n) is 2.96. The number of carbonyl (C=O) groups is 1. The summed E-state index contributed by atoms with van der Waals surface area (Å²) >= 11 is 0. The number of hydrogen-bond donors (Lipinski definition) is 1. The van der Waals surface area contributed by atoms with Gasteiger partial charge in [0.2, 0.25) is 0 Å². The van der Waals surface area contributed by atoms with Gasteiger partial charge in [0.15, 0.2) is 0 Å². The SMILES string of the molecule is O=C(NCC1CCCO1)N1CCN(c2cccc(F)c2)CC1. The standard InChI is InChI=1S/C16H22FN3O2/c17-13-3-1-4-14(11-13)19-6-8-20(9-7-19)16(21)18-12-15-5-2-10-22-15/h1,3-4,11,15H,2,5-10,12H2,(H,18,21). The zero-order valence-electron chi connectivity index (χ0n) is 12.6. The first-order valence-electron chi connectivity index (χ1n) is 7.87. The highest BCUT2D eigenvalue weighted by Crippen LogP contribution is 2.17. The van der Waals surface area contributed by atoms with E-state index >= 15 is 0 Å². The average Bonchev–Trinajstić information content (AvgIpc) is 3.06. The normalized spacial score (nSPS) is 22.0. The molecule has 2 heterocycles. The molecule has 2 saturated heterocycles. The number of carbonyl (C=O) groups excluding carboxylic acids is 1. The summed E-state index contributed by atoms with van der Waals surface area (Å²) < 4.78 is 18.8. The highest BCUT2D eigenvalue weighted by atomic mass is 19.1. The molecule has 120 valence electrons. The Hall–Kier alpha value is -1.82. The Kier molecular flexibility index (Phi) is 4.77. The predicted octanol–water partition coefficient (Wildman–Crippen LogP) is 1.84. The number of benzene rings is 1. The minimum Gasteiger partial charge on any atom is -0.376 e. The molecule has 1 aromatic carbocycles. The third-order valence-corrected chi connectivity index (χ3v) is 4.25. The maximum atomic E-state index is 13.3. The number of piperazine rings is 1.